The van der Waals surface area contributed by atoms with Crippen LogP contribution in [0.1, 0.15) is 0 Å². The van der Waals surface area contributed by atoms with Crippen molar-refractivity contribution in [3.8, 4) is 28.6 Å². The maximum absolute atomic E-state index is 13.3. The first-order chi connectivity index (χ1) is 16.7. The molecule has 0 radical (unpaired) electrons. The maximum atomic E-state index is 13.3. The highest BCUT2D eigenvalue weighted by atomic mass is 35.5. The lowest BCUT2D eigenvalue weighted by Crippen LogP contribution is -2.26. The van der Waals surface area contributed by atoms with Crippen LogP contribution in [0.4, 0.5) is 0 Å². The Labute approximate surface area is 201 Å². The normalized spacial score (nSPS) is 10.9. The van der Waals surface area contributed by atoms with Crippen LogP contribution in [-0.4, -0.2) is 16.2 Å². The van der Waals surface area contributed by atoms with Crippen LogP contribution in [0.25, 0.3) is 22.3 Å². The molecule has 0 atom stereocenters. The number of halogens is 1. The lowest BCUT2D eigenvalue weighted by Gasteiger charge is -2.15. The fraction of sp³-hybridized carbons (Fsp3) is 0.0714. The minimum atomic E-state index is -0.111. The lowest BCUT2D eigenvalue weighted by atomic mass is 10.2. The average molecular weight is 469 g/mol. The Morgan fingerprint density at radius 3 is 2.29 bits per heavy atom. The summed E-state index contributed by atoms with van der Waals surface area (Å²) in [7, 11) is 0. The molecule has 0 aliphatic rings. The summed E-state index contributed by atoms with van der Waals surface area (Å²) in [5.74, 6) is 2.66. The molecule has 6 heteroatoms. The second kappa shape index (κ2) is 9.81. The van der Waals surface area contributed by atoms with Crippen LogP contribution in [0.15, 0.2) is 108 Å². The van der Waals surface area contributed by atoms with Crippen LogP contribution in [0.2, 0.25) is 5.02 Å². The van der Waals surface area contributed by atoms with Gasteiger partial charge in [0.25, 0.3) is 5.56 Å². The van der Waals surface area contributed by atoms with Gasteiger partial charge in [-0.05, 0) is 60.7 Å². The zero-order chi connectivity index (χ0) is 23.3. The highest BCUT2D eigenvalue weighted by Crippen LogP contribution is 2.25. The SMILES string of the molecule is O=c1c2ccccc2nc(-c2ccc(Cl)cc2)n1CCOc1cccc(Oc2ccccc2)c1. The molecule has 4 aromatic carbocycles. The maximum Gasteiger partial charge on any atom is 0.261 e. The van der Waals surface area contributed by atoms with E-state index in [1.54, 1.807) is 22.8 Å². The van der Waals surface area contributed by atoms with Crippen LogP contribution < -0.4 is 15.0 Å². The Bertz CT molecular complexity index is 1480. The highest BCUT2D eigenvalue weighted by Gasteiger charge is 2.13. The second-order valence-electron chi connectivity index (χ2n) is 7.65. The second-order valence-corrected chi connectivity index (χ2v) is 8.09. The first-order valence-electron chi connectivity index (χ1n) is 10.9. The summed E-state index contributed by atoms with van der Waals surface area (Å²) in [6, 6.07) is 31.6. The van der Waals surface area contributed by atoms with Crippen molar-refractivity contribution in [1.29, 1.82) is 0 Å². The molecule has 0 aliphatic carbocycles. The number of para-hydroxylation sites is 2. The van der Waals surface area contributed by atoms with Gasteiger partial charge in [-0.2, -0.15) is 0 Å². The minimum absolute atomic E-state index is 0.111. The largest absolute Gasteiger partial charge is 0.492 e. The first kappa shape index (κ1) is 21.7. The number of hydrogen-bond donors (Lipinski definition) is 0. The molecule has 168 valence electrons. The van der Waals surface area contributed by atoms with Crippen LogP contribution >= 0.6 is 11.6 Å². The van der Waals surface area contributed by atoms with Crippen LogP contribution in [-0.2, 0) is 6.54 Å². The molecule has 0 fully saturated rings. The zero-order valence-corrected chi connectivity index (χ0v) is 19.0. The number of hydrogen-bond acceptors (Lipinski definition) is 4. The molecule has 0 N–H and O–H groups in total. The number of ether oxygens (including phenoxy) is 2. The topological polar surface area (TPSA) is 53.4 Å². The van der Waals surface area contributed by atoms with E-state index in [9.17, 15) is 4.79 Å². The summed E-state index contributed by atoms with van der Waals surface area (Å²) in [5.41, 5.74) is 1.35. The molecule has 1 aromatic heterocycles. The van der Waals surface area contributed by atoms with Gasteiger partial charge in [0.15, 0.2) is 0 Å². The molecule has 5 rings (SSSR count). The third-order valence-electron chi connectivity index (χ3n) is 5.33. The van der Waals surface area contributed by atoms with E-state index in [1.165, 1.54) is 0 Å². The van der Waals surface area contributed by atoms with Gasteiger partial charge in [0.05, 0.1) is 17.4 Å². The number of fused-ring (bicyclic) bond motifs is 1. The summed E-state index contributed by atoms with van der Waals surface area (Å²) in [6.45, 7) is 0.619. The molecule has 0 aliphatic heterocycles. The average Bonchev–Trinajstić information content (AvgIpc) is 2.87. The molecular formula is C28H21ClN2O3. The quantitative estimate of drug-likeness (QED) is 0.270. The van der Waals surface area contributed by atoms with Gasteiger partial charge in [-0.15, -0.1) is 0 Å². The number of nitrogens with zero attached hydrogens (tertiary/aromatic N) is 2. The summed E-state index contributed by atoms with van der Waals surface area (Å²) in [5, 5.41) is 1.19. The Balaban J connectivity index is 1.39. The van der Waals surface area contributed by atoms with E-state index >= 15 is 0 Å². The standard InChI is InChI=1S/C28H21ClN2O3/c29-21-15-13-20(14-16-21)27-30-26-12-5-4-11-25(26)28(32)31(27)17-18-33-23-9-6-10-24(19-23)34-22-7-2-1-3-8-22/h1-16,19H,17-18H2. The summed E-state index contributed by atoms with van der Waals surface area (Å²) in [4.78, 5) is 18.1. The predicted octanol–water partition coefficient (Wildman–Crippen LogP) is 6.59. The monoisotopic (exact) mass is 468 g/mol. The van der Waals surface area contributed by atoms with Gasteiger partial charge in [0, 0.05) is 16.7 Å². The number of aromatic nitrogens is 2. The van der Waals surface area contributed by atoms with Crippen molar-refractivity contribution in [2.75, 3.05) is 6.61 Å². The van der Waals surface area contributed by atoms with Crippen LogP contribution in [0.3, 0.4) is 0 Å². The number of benzene rings is 4. The third kappa shape index (κ3) is 4.80. The predicted molar refractivity (Wildman–Crippen MR) is 135 cm³/mol. The van der Waals surface area contributed by atoms with Crippen molar-refractivity contribution in [2.45, 2.75) is 6.54 Å². The Kier molecular flexibility index (Phi) is 6.27. The van der Waals surface area contributed by atoms with Crippen molar-refractivity contribution in [2.24, 2.45) is 0 Å². The smallest absolute Gasteiger partial charge is 0.261 e. The Morgan fingerprint density at radius 2 is 1.47 bits per heavy atom. The summed E-state index contributed by atoms with van der Waals surface area (Å²) in [6.07, 6.45) is 0. The van der Waals surface area contributed by atoms with Gasteiger partial charge >= 0.3 is 0 Å². The summed E-state index contributed by atoms with van der Waals surface area (Å²) < 4.78 is 13.5. The van der Waals surface area contributed by atoms with E-state index in [2.05, 4.69) is 0 Å². The molecule has 0 saturated carbocycles. The van der Waals surface area contributed by atoms with Gasteiger partial charge in [0.2, 0.25) is 0 Å². The van der Waals surface area contributed by atoms with Crippen molar-refractivity contribution in [1.82, 2.24) is 9.55 Å². The highest BCUT2D eigenvalue weighted by molar-refractivity contribution is 6.30. The van der Waals surface area contributed by atoms with E-state index in [-0.39, 0.29) is 12.2 Å². The minimum Gasteiger partial charge on any atom is -0.492 e. The van der Waals surface area contributed by atoms with E-state index in [4.69, 9.17) is 26.1 Å². The molecule has 0 spiro atoms. The molecule has 0 amide bonds. The van der Waals surface area contributed by atoms with E-state index in [0.29, 0.717) is 39.8 Å². The number of rotatable bonds is 7. The lowest BCUT2D eigenvalue weighted by molar-refractivity contribution is 0.295. The molecule has 1 heterocycles. The van der Waals surface area contributed by atoms with E-state index in [0.717, 1.165) is 11.3 Å². The van der Waals surface area contributed by atoms with Crippen LogP contribution in [0, 0.1) is 0 Å². The molecule has 5 nitrogen and oxygen atoms in total. The molecule has 0 bridgehead atoms. The third-order valence-corrected chi connectivity index (χ3v) is 5.58. The van der Waals surface area contributed by atoms with Gasteiger partial charge in [-0.1, -0.05) is 48.0 Å². The zero-order valence-electron chi connectivity index (χ0n) is 18.2. The fourth-order valence-electron chi connectivity index (χ4n) is 3.70. The van der Waals surface area contributed by atoms with Crippen molar-refractivity contribution in [3.63, 3.8) is 0 Å². The van der Waals surface area contributed by atoms with Crippen molar-refractivity contribution < 1.29 is 9.47 Å². The van der Waals surface area contributed by atoms with Gasteiger partial charge in [-0.3, -0.25) is 9.36 Å². The van der Waals surface area contributed by atoms with E-state index < -0.39 is 0 Å². The van der Waals surface area contributed by atoms with Crippen molar-refractivity contribution >= 4 is 22.5 Å². The molecular weight excluding hydrogens is 448 g/mol. The van der Waals surface area contributed by atoms with Gasteiger partial charge in [0.1, 0.15) is 29.7 Å². The van der Waals surface area contributed by atoms with Crippen LogP contribution in [0.5, 0.6) is 17.2 Å². The Morgan fingerprint density at radius 1 is 0.765 bits per heavy atom. The van der Waals surface area contributed by atoms with Crippen molar-refractivity contribution in [3.05, 3.63) is 119 Å². The Hall–Kier alpha value is -4.09. The molecule has 34 heavy (non-hydrogen) atoms. The molecule has 5 aromatic rings. The van der Waals surface area contributed by atoms with Gasteiger partial charge < -0.3 is 9.47 Å². The van der Waals surface area contributed by atoms with Gasteiger partial charge in [-0.25, -0.2) is 4.98 Å². The first-order valence-corrected chi connectivity index (χ1v) is 11.3. The molecule has 0 saturated heterocycles. The van der Waals surface area contributed by atoms with E-state index in [1.807, 2.05) is 84.9 Å². The fourth-order valence-corrected chi connectivity index (χ4v) is 3.83. The molecule has 0 unspecified atom stereocenters. The summed E-state index contributed by atoms with van der Waals surface area (Å²) >= 11 is 6.06.